The Kier molecular flexibility index (Phi) is 2.04. The van der Waals surface area contributed by atoms with Crippen molar-refractivity contribution in [2.45, 2.75) is 25.0 Å². The fourth-order valence-corrected chi connectivity index (χ4v) is 1.49. The Morgan fingerprint density at radius 1 is 1.33 bits per heavy atom. The molecule has 0 aliphatic heterocycles. The van der Waals surface area contributed by atoms with Gasteiger partial charge in [-0.3, -0.25) is 4.68 Å². The molecule has 3 nitrogen and oxygen atoms in total. The van der Waals surface area contributed by atoms with Gasteiger partial charge in [-0.2, -0.15) is 0 Å². The normalized spacial score (nSPS) is 28.1. The number of rotatable bonds is 3. The molecule has 1 aliphatic rings. The van der Waals surface area contributed by atoms with E-state index in [9.17, 15) is 0 Å². The maximum Gasteiger partial charge on any atom is 0.0611 e. The van der Waals surface area contributed by atoms with Crippen molar-refractivity contribution < 1.29 is 4.74 Å². The maximum absolute atomic E-state index is 5.19. The molecule has 12 heavy (non-hydrogen) atoms. The van der Waals surface area contributed by atoms with E-state index in [0.29, 0.717) is 12.1 Å². The number of ether oxygens (including phenoxy) is 1. The van der Waals surface area contributed by atoms with Crippen molar-refractivity contribution in [3.8, 4) is 0 Å². The van der Waals surface area contributed by atoms with Crippen molar-refractivity contribution in [1.82, 2.24) is 4.68 Å². The molecule has 1 heterocycles. The topological polar surface area (TPSA) is 26.2 Å². The van der Waals surface area contributed by atoms with Crippen LogP contribution in [0.25, 0.3) is 0 Å². The third-order valence-corrected chi connectivity index (χ3v) is 2.36. The van der Waals surface area contributed by atoms with Crippen LogP contribution >= 0.6 is 0 Å². The van der Waals surface area contributed by atoms with Crippen molar-refractivity contribution in [3.05, 3.63) is 24.5 Å². The maximum atomic E-state index is 5.19. The van der Waals surface area contributed by atoms with Crippen molar-refractivity contribution >= 4 is 0 Å². The molecular weight excluding hydrogens is 152 g/mol. The number of methoxy groups -OCH3 is 1. The van der Waals surface area contributed by atoms with Crippen molar-refractivity contribution in [1.29, 1.82) is 0 Å². The van der Waals surface area contributed by atoms with Crippen LogP contribution in [0, 0.1) is 0 Å². The van der Waals surface area contributed by atoms with E-state index in [2.05, 4.69) is 5.43 Å². The van der Waals surface area contributed by atoms with Gasteiger partial charge in [-0.1, -0.05) is 0 Å². The summed E-state index contributed by atoms with van der Waals surface area (Å²) in [6.45, 7) is 0. The number of hydrogen-bond acceptors (Lipinski definition) is 2. The molecule has 0 spiro atoms. The lowest BCUT2D eigenvalue weighted by Crippen LogP contribution is -2.43. The second-order valence-corrected chi connectivity index (χ2v) is 3.25. The summed E-state index contributed by atoms with van der Waals surface area (Å²) in [7, 11) is 1.77. The highest BCUT2D eigenvalue weighted by molar-refractivity contribution is 4.99. The van der Waals surface area contributed by atoms with Crippen molar-refractivity contribution in [2.75, 3.05) is 12.5 Å². The van der Waals surface area contributed by atoms with Crippen LogP contribution in [0.3, 0.4) is 0 Å². The average molecular weight is 166 g/mol. The van der Waals surface area contributed by atoms with Crippen LogP contribution in [0.1, 0.15) is 12.8 Å². The van der Waals surface area contributed by atoms with Crippen LogP contribution in [-0.4, -0.2) is 23.9 Å². The minimum Gasteiger partial charge on any atom is -0.381 e. The van der Waals surface area contributed by atoms with Gasteiger partial charge < -0.3 is 10.2 Å². The Balaban J connectivity index is 1.77. The first-order valence-electron chi connectivity index (χ1n) is 4.31. The highest BCUT2D eigenvalue weighted by Gasteiger charge is 2.28. The van der Waals surface area contributed by atoms with E-state index in [1.807, 2.05) is 29.2 Å². The van der Waals surface area contributed by atoms with Gasteiger partial charge >= 0.3 is 0 Å². The highest BCUT2D eigenvalue weighted by Crippen LogP contribution is 2.23. The number of hydrogen-bond donors (Lipinski definition) is 1. The van der Waals surface area contributed by atoms with E-state index >= 15 is 0 Å². The van der Waals surface area contributed by atoms with Crippen LogP contribution in [0.15, 0.2) is 24.5 Å². The molecule has 1 saturated carbocycles. The molecule has 0 unspecified atom stereocenters. The molecule has 2 rings (SSSR count). The largest absolute Gasteiger partial charge is 0.381 e. The second kappa shape index (κ2) is 3.19. The zero-order valence-corrected chi connectivity index (χ0v) is 7.23. The van der Waals surface area contributed by atoms with E-state index in [1.54, 1.807) is 7.11 Å². The van der Waals surface area contributed by atoms with Gasteiger partial charge in [-0.05, 0) is 25.0 Å². The summed E-state index contributed by atoms with van der Waals surface area (Å²) in [6.07, 6.45) is 6.74. The van der Waals surface area contributed by atoms with Gasteiger partial charge in [0.15, 0.2) is 0 Å². The lowest BCUT2D eigenvalue weighted by Gasteiger charge is -2.35. The van der Waals surface area contributed by atoms with E-state index in [1.165, 1.54) is 0 Å². The van der Waals surface area contributed by atoms with E-state index < -0.39 is 0 Å². The monoisotopic (exact) mass is 166 g/mol. The molecule has 66 valence electrons. The zero-order chi connectivity index (χ0) is 8.39. The van der Waals surface area contributed by atoms with Gasteiger partial charge in [-0.15, -0.1) is 0 Å². The highest BCUT2D eigenvalue weighted by atomic mass is 16.5. The summed E-state index contributed by atoms with van der Waals surface area (Å²) < 4.78 is 7.18. The molecule has 0 bridgehead atoms. The summed E-state index contributed by atoms with van der Waals surface area (Å²) in [5.41, 5.74) is 3.36. The molecule has 1 aromatic heterocycles. The third-order valence-electron chi connectivity index (χ3n) is 2.36. The standard InChI is InChI=1S/C9H14N2O/c1-12-9-6-8(7-9)10-11-4-2-3-5-11/h2-5,8-10H,6-7H2,1H3. The first-order valence-corrected chi connectivity index (χ1v) is 4.31. The molecule has 1 N–H and O–H groups in total. The minimum atomic E-state index is 0.470. The lowest BCUT2D eigenvalue weighted by atomic mass is 9.90. The Morgan fingerprint density at radius 3 is 2.58 bits per heavy atom. The van der Waals surface area contributed by atoms with Crippen LogP contribution in [0.2, 0.25) is 0 Å². The number of aromatic nitrogens is 1. The Bertz CT molecular complexity index is 227. The van der Waals surface area contributed by atoms with E-state index in [4.69, 9.17) is 4.74 Å². The summed E-state index contributed by atoms with van der Waals surface area (Å²) in [4.78, 5) is 0. The fourth-order valence-electron chi connectivity index (χ4n) is 1.49. The van der Waals surface area contributed by atoms with Crippen LogP contribution in [-0.2, 0) is 4.74 Å². The SMILES string of the molecule is COC1CC(Nn2cccc2)C1. The molecule has 0 radical (unpaired) electrons. The number of nitrogens with one attached hydrogen (secondary N) is 1. The summed E-state index contributed by atoms with van der Waals surface area (Å²) in [5, 5.41) is 0. The Morgan fingerprint density at radius 2 is 2.00 bits per heavy atom. The molecule has 1 aliphatic carbocycles. The molecule has 1 fully saturated rings. The zero-order valence-electron chi connectivity index (χ0n) is 7.23. The van der Waals surface area contributed by atoms with Gasteiger partial charge in [-0.25, -0.2) is 0 Å². The molecule has 0 amide bonds. The number of nitrogens with zero attached hydrogens (tertiary/aromatic N) is 1. The van der Waals surface area contributed by atoms with E-state index in [0.717, 1.165) is 12.8 Å². The smallest absolute Gasteiger partial charge is 0.0611 e. The molecule has 1 aromatic rings. The van der Waals surface area contributed by atoms with Gasteiger partial charge in [0.25, 0.3) is 0 Å². The third kappa shape index (κ3) is 1.46. The minimum absolute atomic E-state index is 0.470. The van der Waals surface area contributed by atoms with Crippen molar-refractivity contribution in [2.24, 2.45) is 0 Å². The quantitative estimate of drug-likeness (QED) is 0.730. The lowest BCUT2D eigenvalue weighted by molar-refractivity contribution is 0.0299. The van der Waals surface area contributed by atoms with Crippen LogP contribution < -0.4 is 5.43 Å². The molecule has 0 aromatic carbocycles. The predicted molar refractivity (Wildman–Crippen MR) is 47.6 cm³/mol. The first kappa shape index (κ1) is 7.68. The molecule has 3 heteroatoms. The summed E-state index contributed by atoms with van der Waals surface area (Å²) in [6, 6.07) is 4.61. The van der Waals surface area contributed by atoms with Gasteiger partial charge in [0, 0.05) is 25.5 Å². The van der Waals surface area contributed by atoms with E-state index in [-0.39, 0.29) is 0 Å². The second-order valence-electron chi connectivity index (χ2n) is 3.25. The fraction of sp³-hybridized carbons (Fsp3) is 0.556. The van der Waals surface area contributed by atoms with Crippen molar-refractivity contribution in [3.63, 3.8) is 0 Å². The Labute approximate surface area is 72.3 Å². The van der Waals surface area contributed by atoms with Crippen LogP contribution in [0.4, 0.5) is 0 Å². The van der Waals surface area contributed by atoms with Gasteiger partial charge in [0.05, 0.1) is 6.10 Å². The average Bonchev–Trinajstić information content (AvgIpc) is 2.47. The summed E-state index contributed by atoms with van der Waals surface area (Å²) >= 11 is 0. The molecule has 0 saturated heterocycles. The molecule has 0 atom stereocenters. The first-order chi connectivity index (χ1) is 5.88. The van der Waals surface area contributed by atoms with Gasteiger partial charge in [0.2, 0.25) is 0 Å². The van der Waals surface area contributed by atoms with Crippen LogP contribution in [0.5, 0.6) is 0 Å². The molecular formula is C9H14N2O. The summed E-state index contributed by atoms with van der Waals surface area (Å²) in [5.74, 6) is 0. The predicted octanol–water partition coefficient (Wildman–Crippen LogP) is 1.21. The Hall–Kier alpha value is -0.960. The van der Waals surface area contributed by atoms with Gasteiger partial charge in [0.1, 0.15) is 0 Å².